The first-order valence-corrected chi connectivity index (χ1v) is 13.3. The maximum absolute atomic E-state index is 12.9. The number of nitrogens with zero attached hydrogens (tertiary/aromatic N) is 1. The number of ether oxygens (including phenoxy) is 3. The number of amides is 1. The van der Waals surface area contributed by atoms with E-state index >= 15 is 0 Å². The predicted molar refractivity (Wildman–Crippen MR) is 130 cm³/mol. The Balaban J connectivity index is 1.64. The number of pyridine rings is 1. The number of aromatic nitrogens is 1. The minimum absolute atomic E-state index is 0.00694. The Morgan fingerprint density at radius 1 is 1.15 bits per heavy atom. The van der Waals surface area contributed by atoms with Gasteiger partial charge in [-0.3, -0.25) is 9.36 Å². The van der Waals surface area contributed by atoms with Crippen LogP contribution in [0.15, 0.2) is 53.4 Å². The molecule has 0 aliphatic heterocycles. The van der Waals surface area contributed by atoms with Crippen molar-refractivity contribution in [1.29, 1.82) is 0 Å². The van der Waals surface area contributed by atoms with Crippen LogP contribution in [0, 0.1) is 0 Å². The van der Waals surface area contributed by atoms with Crippen molar-refractivity contribution in [1.82, 2.24) is 4.98 Å². The first-order chi connectivity index (χ1) is 16.2. The van der Waals surface area contributed by atoms with Crippen LogP contribution < -0.4 is 14.8 Å². The molecule has 182 valence electrons. The van der Waals surface area contributed by atoms with Crippen LogP contribution in [0.3, 0.4) is 0 Å². The van der Waals surface area contributed by atoms with E-state index in [1.165, 1.54) is 11.8 Å². The van der Waals surface area contributed by atoms with Gasteiger partial charge in [0.15, 0.2) is 0 Å². The lowest BCUT2D eigenvalue weighted by Gasteiger charge is -2.14. The van der Waals surface area contributed by atoms with Crippen molar-refractivity contribution in [2.45, 2.75) is 33.0 Å². The van der Waals surface area contributed by atoms with Crippen LogP contribution in [0.5, 0.6) is 11.5 Å². The van der Waals surface area contributed by atoms with Gasteiger partial charge >= 0.3 is 7.60 Å². The van der Waals surface area contributed by atoms with Crippen molar-refractivity contribution in [2.24, 2.45) is 0 Å². The summed E-state index contributed by atoms with van der Waals surface area (Å²) in [6, 6.07) is 10.3. The highest BCUT2D eigenvalue weighted by Gasteiger charge is 2.14. The summed E-state index contributed by atoms with van der Waals surface area (Å²) in [6.45, 7) is 4.26. The first-order valence-electron chi connectivity index (χ1n) is 10.5. The van der Waals surface area contributed by atoms with Gasteiger partial charge in [-0.2, -0.15) is 11.3 Å². The summed E-state index contributed by atoms with van der Waals surface area (Å²) in [4.78, 5) is 34.7. The van der Waals surface area contributed by atoms with Crippen LogP contribution in [0.1, 0.15) is 35.3 Å². The van der Waals surface area contributed by atoms with Gasteiger partial charge in [-0.05, 0) is 60.0 Å². The molecule has 0 unspecified atom stereocenters. The molecule has 0 saturated carbocycles. The molecule has 0 saturated heterocycles. The standard InChI is InChI=1S/C23H27N2O7PS/c1-16(2)32-21-10-19(9-20(11-21)31-7-5-17-6-8-34-14-17)23(26)25-22-4-3-18(12-24-22)13-30-15-33(27,28)29/h3-4,6,8-12,14,16H,5,7,13,15H2,1-2H3,(H,24,25,26)(H2,27,28,29). The molecule has 0 aliphatic carbocycles. The van der Waals surface area contributed by atoms with Crippen LogP contribution in [0.4, 0.5) is 5.82 Å². The highest BCUT2D eigenvalue weighted by molar-refractivity contribution is 7.51. The zero-order chi connectivity index (χ0) is 24.6. The number of hydrogen-bond acceptors (Lipinski definition) is 7. The number of rotatable bonds is 12. The van der Waals surface area contributed by atoms with Gasteiger partial charge in [0, 0.05) is 24.2 Å². The number of anilines is 1. The SMILES string of the molecule is CC(C)Oc1cc(OCCc2ccsc2)cc(C(=O)Nc2ccc(COCP(=O)(O)O)cn2)c1. The van der Waals surface area contributed by atoms with Crippen molar-refractivity contribution in [3.63, 3.8) is 0 Å². The quantitative estimate of drug-likeness (QED) is 0.308. The third-order valence-electron chi connectivity index (χ3n) is 4.35. The van der Waals surface area contributed by atoms with E-state index in [4.69, 9.17) is 24.0 Å². The van der Waals surface area contributed by atoms with E-state index in [-0.39, 0.29) is 18.6 Å². The largest absolute Gasteiger partial charge is 0.493 e. The number of benzene rings is 1. The van der Waals surface area contributed by atoms with Gasteiger partial charge in [-0.15, -0.1) is 0 Å². The van der Waals surface area contributed by atoms with Gasteiger partial charge in [0.25, 0.3) is 5.91 Å². The van der Waals surface area contributed by atoms with Gasteiger partial charge in [0.05, 0.1) is 19.3 Å². The molecule has 2 aromatic heterocycles. The third kappa shape index (κ3) is 8.89. The van der Waals surface area contributed by atoms with Crippen molar-refractivity contribution in [3.8, 4) is 11.5 Å². The highest BCUT2D eigenvalue weighted by Crippen LogP contribution is 2.34. The zero-order valence-electron chi connectivity index (χ0n) is 18.8. The third-order valence-corrected chi connectivity index (χ3v) is 5.60. The zero-order valence-corrected chi connectivity index (χ0v) is 20.6. The monoisotopic (exact) mass is 506 g/mol. The number of thiophene rings is 1. The molecule has 0 fully saturated rings. The average Bonchev–Trinajstić information content (AvgIpc) is 3.27. The Bertz CT molecular complexity index is 1110. The van der Waals surface area contributed by atoms with E-state index < -0.39 is 13.9 Å². The second-order valence-corrected chi connectivity index (χ2v) is 10.1. The molecule has 0 spiro atoms. The molecule has 9 nitrogen and oxygen atoms in total. The summed E-state index contributed by atoms with van der Waals surface area (Å²) in [5, 5.41) is 6.82. The van der Waals surface area contributed by atoms with Gasteiger partial charge in [0.2, 0.25) is 0 Å². The van der Waals surface area contributed by atoms with E-state index in [1.807, 2.05) is 25.3 Å². The van der Waals surface area contributed by atoms with Gasteiger partial charge in [0.1, 0.15) is 23.7 Å². The van der Waals surface area contributed by atoms with Gasteiger partial charge in [-0.1, -0.05) is 6.07 Å². The van der Waals surface area contributed by atoms with E-state index in [9.17, 15) is 9.36 Å². The number of hydrogen-bond donors (Lipinski definition) is 3. The highest BCUT2D eigenvalue weighted by atomic mass is 32.1. The van der Waals surface area contributed by atoms with Crippen molar-refractivity contribution in [3.05, 3.63) is 70.0 Å². The average molecular weight is 507 g/mol. The molecule has 0 aliphatic rings. The van der Waals surface area contributed by atoms with Gasteiger partial charge < -0.3 is 29.3 Å². The molecule has 34 heavy (non-hydrogen) atoms. The van der Waals surface area contributed by atoms with Crippen molar-refractivity contribution >= 4 is 30.7 Å². The molecule has 3 aromatic rings. The lowest BCUT2D eigenvalue weighted by Crippen LogP contribution is -2.14. The van der Waals surface area contributed by atoms with Crippen LogP contribution in [0.2, 0.25) is 0 Å². The summed E-state index contributed by atoms with van der Waals surface area (Å²) < 4.78 is 27.5. The fraction of sp³-hybridized carbons (Fsp3) is 0.304. The van der Waals surface area contributed by atoms with Crippen LogP contribution in [-0.4, -0.2) is 39.7 Å². The molecule has 1 amide bonds. The minimum Gasteiger partial charge on any atom is -0.493 e. The molecule has 3 N–H and O–H groups in total. The normalized spacial score (nSPS) is 11.4. The van der Waals surface area contributed by atoms with Crippen LogP contribution in [0.25, 0.3) is 0 Å². The van der Waals surface area contributed by atoms with Gasteiger partial charge in [-0.25, -0.2) is 4.98 Å². The molecular weight excluding hydrogens is 479 g/mol. The lowest BCUT2D eigenvalue weighted by molar-refractivity contribution is 0.102. The summed E-state index contributed by atoms with van der Waals surface area (Å²) >= 11 is 1.64. The Morgan fingerprint density at radius 2 is 1.94 bits per heavy atom. The van der Waals surface area contributed by atoms with E-state index in [1.54, 1.807) is 41.7 Å². The summed E-state index contributed by atoms with van der Waals surface area (Å²) in [5.41, 5.74) is 2.17. The van der Waals surface area contributed by atoms with Crippen LogP contribution >= 0.6 is 18.9 Å². The van der Waals surface area contributed by atoms with Crippen molar-refractivity contribution < 1.29 is 33.4 Å². The molecule has 0 bridgehead atoms. The topological polar surface area (TPSA) is 127 Å². The Labute approximate surface area is 201 Å². The van der Waals surface area contributed by atoms with E-state index in [0.717, 1.165) is 6.42 Å². The molecular formula is C23H27N2O7PS. The van der Waals surface area contributed by atoms with Crippen LogP contribution in [-0.2, 0) is 22.3 Å². The molecule has 11 heteroatoms. The number of nitrogens with one attached hydrogen (secondary N) is 1. The maximum atomic E-state index is 12.9. The van der Waals surface area contributed by atoms with E-state index in [2.05, 4.69) is 15.7 Å². The second-order valence-electron chi connectivity index (χ2n) is 7.74. The molecule has 0 radical (unpaired) electrons. The molecule has 2 heterocycles. The second kappa shape index (κ2) is 12.1. The Morgan fingerprint density at radius 3 is 2.59 bits per heavy atom. The smallest absolute Gasteiger partial charge is 0.350 e. The van der Waals surface area contributed by atoms with Crippen molar-refractivity contribution in [2.75, 3.05) is 18.3 Å². The summed E-state index contributed by atoms with van der Waals surface area (Å²) in [6.07, 6.45) is 1.48. The Kier molecular flexibility index (Phi) is 9.20. The molecule has 1 aromatic carbocycles. The molecule has 0 atom stereocenters. The summed E-state index contributed by atoms with van der Waals surface area (Å²) in [7, 11) is -4.22. The summed E-state index contributed by atoms with van der Waals surface area (Å²) in [5.74, 6) is 0.997. The molecule has 3 rings (SSSR count). The predicted octanol–water partition coefficient (Wildman–Crippen LogP) is 4.46. The fourth-order valence-corrected chi connectivity index (χ4v) is 3.93. The first kappa shape index (κ1) is 25.9. The fourth-order valence-electron chi connectivity index (χ4n) is 2.90. The number of carbonyl (C=O) groups excluding carboxylic acids is 1. The maximum Gasteiger partial charge on any atom is 0.350 e. The lowest BCUT2D eigenvalue weighted by atomic mass is 10.1. The number of carbonyl (C=O) groups is 1. The Hall–Kier alpha value is -2.75. The minimum atomic E-state index is -4.22. The van der Waals surface area contributed by atoms with E-state index in [0.29, 0.717) is 35.1 Å².